The minimum Gasteiger partial charge on any atom is -0.383 e. The largest absolute Gasteiger partial charge is 0.383 e. The number of ether oxygens (including phenoxy) is 2. The lowest BCUT2D eigenvalue weighted by Crippen LogP contribution is -2.35. The van der Waals surface area contributed by atoms with Crippen molar-refractivity contribution in [3.05, 3.63) is 23.9 Å². The van der Waals surface area contributed by atoms with Crippen LogP contribution in [-0.2, 0) is 9.47 Å². The molecular formula is C11H17N3O3. The summed E-state index contributed by atoms with van der Waals surface area (Å²) in [5.41, 5.74) is 5.95. The van der Waals surface area contributed by atoms with Crippen LogP contribution in [0.15, 0.2) is 18.3 Å². The van der Waals surface area contributed by atoms with Gasteiger partial charge in [-0.3, -0.25) is 4.79 Å². The number of nitrogens with one attached hydrogen (secondary N) is 1. The zero-order valence-corrected chi connectivity index (χ0v) is 9.97. The SMILES string of the molecule is COCC(CNC(=O)c1cccnc1N)OC. The Labute approximate surface area is 100 Å². The van der Waals surface area contributed by atoms with Gasteiger partial charge in [-0.2, -0.15) is 0 Å². The molecule has 1 rings (SSSR count). The maximum atomic E-state index is 11.8. The van der Waals surface area contributed by atoms with Crippen LogP contribution in [0.1, 0.15) is 10.4 Å². The molecule has 1 heterocycles. The molecule has 17 heavy (non-hydrogen) atoms. The van der Waals surface area contributed by atoms with Crippen LogP contribution in [0.25, 0.3) is 0 Å². The quantitative estimate of drug-likeness (QED) is 0.732. The molecule has 94 valence electrons. The van der Waals surface area contributed by atoms with E-state index in [9.17, 15) is 4.79 Å². The van der Waals surface area contributed by atoms with E-state index in [4.69, 9.17) is 15.2 Å². The summed E-state index contributed by atoms with van der Waals surface area (Å²) in [6.45, 7) is 0.775. The fourth-order valence-electron chi connectivity index (χ4n) is 1.31. The zero-order valence-electron chi connectivity index (χ0n) is 9.97. The van der Waals surface area contributed by atoms with Crippen LogP contribution in [0.3, 0.4) is 0 Å². The number of carbonyl (C=O) groups is 1. The fraction of sp³-hybridized carbons (Fsp3) is 0.455. The first-order chi connectivity index (χ1) is 8.19. The van der Waals surface area contributed by atoms with E-state index in [1.807, 2.05) is 0 Å². The molecule has 0 aliphatic carbocycles. The predicted octanol–water partition coefficient (Wildman–Crippen LogP) is 0.0550. The Balaban J connectivity index is 2.52. The molecule has 0 aliphatic heterocycles. The highest BCUT2D eigenvalue weighted by molar-refractivity contribution is 5.98. The molecule has 1 aromatic heterocycles. The highest BCUT2D eigenvalue weighted by Gasteiger charge is 2.12. The van der Waals surface area contributed by atoms with E-state index in [0.29, 0.717) is 18.7 Å². The number of anilines is 1. The summed E-state index contributed by atoms with van der Waals surface area (Å²) < 4.78 is 10.1. The number of methoxy groups -OCH3 is 2. The van der Waals surface area contributed by atoms with E-state index in [0.717, 1.165) is 0 Å². The maximum Gasteiger partial charge on any atom is 0.255 e. The minimum absolute atomic E-state index is 0.179. The number of carbonyl (C=O) groups excluding carboxylic acids is 1. The molecular weight excluding hydrogens is 222 g/mol. The van der Waals surface area contributed by atoms with Crippen molar-refractivity contribution in [3.63, 3.8) is 0 Å². The predicted molar refractivity (Wildman–Crippen MR) is 63.7 cm³/mol. The number of rotatable bonds is 6. The van der Waals surface area contributed by atoms with Gasteiger partial charge in [-0.25, -0.2) is 4.98 Å². The van der Waals surface area contributed by atoms with E-state index < -0.39 is 0 Å². The van der Waals surface area contributed by atoms with Crippen LogP contribution in [0.5, 0.6) is 0 Å². The van der Waals surface area contributed by atoms with Crippen molar-refractivity contribution in [2.75, 3.05) is 33.1 Å². The molecule has 0 fully saturated rings. The molecule has 1 aromatic rings. The Morgan fingerprint density at radius 3 is 2.94 bits per heavy atom. The first-order valence-corrected chi connectivity index (χ1v) is 5.19. The smallest absolute Gasteiger partial charge is 0.255 e. The van der Waals surface area contributed by atoms with E-state index in [-0.39, 0.29) is 17.8 Å². The summed E-state index contributed by atoms with van der Waals surface area (Å²) in [6, 6.07) is 3.28. The van der Waals surface area contributed by atoms with Crippen molar-refractivity contribution in [1.82, 2.24) is 10.3 Å². The van der Waals surface area contributed by atoms with Gasteiger partial charge >= 0.3 is 0 Å². The first-order valence-electron chi connectivity index (χ1n) is 5.19. The molecule has 0 aliphatic rings. The lowest BCUT2D eigenvalue weighted by atomic mass is 10.2. The van der Waals surface area contributed by atoms with E-state index in [1.54, 1.807) is 26.4 Å². The topological polar surface area (TPSA) is 86.5 Å². The number of amides is 1. The van der Waals surface area contributed by atoms with Gasteiger partial charge < -0.3 is 20.5 Å². The Morgan fingerprint density at radius 1 is 1.59 bits per heavy atom. The van der Waals surface area contributed by atoms with Crippen LogP contribution < -0.4 is 11.1 Å². The molecule has 0 spiro atoms. The summed E-state index contributed by atoms with van der Waals surface area (Å²) in [7, 11) is 3.14. The molecule has 0 aromatic carbocycles. The zero-order chi connectivity index (χ0) is 12.7. The molecule has 1 unspecified atom stereocenters. The summed E-state index contributed by atoms with van der Waals surface area (Å²) in [5, 5.41) is 2.71. The first kappa shape index (κ1) is 13.4. The van der Waals surface area contributed by atoms with Crippen molar-refractivity contribution in [2.45, 2.75) is 6.10 Å². The van der Waals surface area contributed by atoms with Crippen LogP contribution in [0, 0.1) is 0 Å². The molecule has 3 N–H and O–H groups in total. The van der Waals surface area contributed by atoms with Crippen molar-refractivity contribution in [1.29, 1.82) is 0 Å². The fourth-order valence-corrected chi connectivity index (χ4v) is 1.31. The summed E-state index contributed by atoms with van der Waals surface area (Å²) in [5.74, 6) is -0.0561. The van der Waals surface area contributed by atoms with Gasteiger partial charge in [0.1, 0.15) is 5.82 Å². The van der Waals surface area contributed by atoms with Crippen molar-refractivity contribution < 1.29 is 14.3 Å². The second-order valence-corrected chi connectivity index (χ2v) is 3.46. The Bertz CT molecular complexity index is 371. The van der Waals surface area contributed by atoms with Crippen molar-refractivity contribution >= 4 is 11.7 Å². The highest BCUT2D eigenvalue weighted by Crippen LogP contribution is 2.06. The number of nitrogens with zero attached hydrogens (tertiary/aromatic N) is 1. The van der Waals surface area contributed by atoms with Gasteiger partial charge in [0.25, 0.3) is 5.91 Å². The van der Waals surface area contributed by atoms with Crippen LogP contribution >= 0.6 is 0 Å². The number of pyridine rings is 1. The van der Waals surface area contributed by atoms with E-state index in [2.05, 4.69) is 10.3 Å². The Hall–Kier alpha value is -1.66. The number of aromatic nitrogens is 1. The number of nitrogens with two attached hydrogens (primary N) is 1. The van der Waals surface area contributed by atoms with Crippen LogP contribution in [0.4, 0.5) is 5.82 Å². The molecule has 0 saturated heterocycles. The van der Waals surface area contributed by atoms with Gasteiger partial charge in [0, 0.05) is 27.0 Å². The van der Waals surface area contributed by atoms with Gasteiger partial charge in [-0.05, 0) is 12.1 Å². The molecule has 0 radical (unpaired) electrons. The number of hydrogen-bond acceptors (Lipinski definition) is 5. The normalized spacial score (nSPS) is 12.1. The molecule has 0 bridgehead atoms. The molecule has 6 nitrogen and oxygen atoms in total. The number of nitrogen functional groups attached to an aromatic ring is 1. The third-order valence-corrected chi connectivity index (χ3v) is 2.26. The van der Waals surface area contributed by atoms with Gasteiger partial charge in [-0.1, -0.05) is 0 Å². The van der Waals surface area contributed by atoms with Crippen LogP contribution in [0.2, 0.25) is 0 Å². The third kappa shape index (κ3) is 4.01. The summed E-state index contributed by atoms with van der Waals surface area (Å²) >= 11 is 0. The molecule has 0 saturated carbocycles. The average molecular weight is 239 g/mol. The number of hydrogen-bond donors (Lipinski definition) is 2. The van der Waals surface area contributed by atoms with E-state index >= 15 is 0 Å². The average Bonchev–Trinajstić information content (AvgIpc) is 2.34. The van der Waals surface area contributed by atoms with Gasteiger partial charge in [0.05, 0.1) is 18.3 Å². The molecule has 6 heteroatoms. The van der Waals surface area contributed by atoms with Gasteiger partial charge in [-0.15, -0.1) is 0 Å². The van der Waals surface area contributed by atoms with Gasteiger partial charge in [0.2, 0.25) is 0 Å². The lowest BCUT2D eigenvalue weighted by Gasteiger charge is -2.15. The summed E-state index contributed by atoms with van der Waals surface area (Å²) in [4.78, 5) is 15.6. The molecule has 1 atom stereocenters. The Morgan fingerprint density at radius 2 is 2.35 bits per heavy atom. The van der Waals surface area contributed by atoms with Gasteiger partial charge in [0.15, 0.2) is 0 Å². The monoisotopic (exact) mass is 239 g/mol. The summed E-state index contributed by atoms with van der Waals surface area (Å²) in [6.07, 6.45) is 1.36. The van der Waals surface area contributed by atoms with Crippen molar-refractivity contribution in [3.8, 4) is 0 Å². The molecule has 1 amide bonds. The second kappa shape index (κ2) is 6.82. The Kier molecular flexibility index (Phi) is 5.38. The third-order valence-electron chi connectivity index (χ3n) is 2.26. The van der Waals surface area contributed by atoms with Crippen molar-refractivity contribution in [2.24, 2.45) is 0 Å². The standard InChI is InChI=1S/C11H17N3O3/c1-16-7-8(17-2)6-14-11(15)9-4-3-5-13-10(9)12/h3-5,8H,6-7H2,1-2H3,(H2,12,13)(H,14,15). The lowest BCUT2D eigenvalue weighted by molar-refractivity contribution is 0.0285. The maximum absolute atomic E-state index is 11.8. The highest BCUT2D eigenvalue weighted by atomic mass is 16.5. The van der Waals surface area contributed by atoms with E-state index in [1.165, 1.54) is 6.20 Å². The minimum atomic E-state index is -0.270. The van der Waals surface area contributed by atoms with Crippen LogP contribution in [-0.4, -0.2) is 44.4 Å². The second-order valence-electron chi connectivity index (χ2n) is 3.46.